The van der Waals surface area contributed by atoms with Crippen LogP contribution in [0.5, 0.6) is 0 Å². The van der Waals surface area contributed by atoms with Crippen LogP contribution in [0.15, 0.2) is 18.2 Å². The van der Waals surface area contributed by atoms with E-state index < -0.39 is 5.82 Å². The molecule has 88 valence electrons. The normalized spacial score (nSPS) is 10.8. The van der Waals surface area contributed by atoms with E-state index in [1.165, 1.54) is 12.1 Å². The summed E-state index contributed by atoms with van der Waals surface area (Å²) >= 11 is 5.73. The minimum Gasteiger partial charge on any atom is -0.371 e. The molecule has 1 aromatic rings. The highest BCUT2D eigenvalue weighted by Crippen LogP contribution is 2.20. The van der Waals surface area contributed by atoms with Crippen molar-refractivity contribution in [3.05, 3.63) is 34.6 Å². The molecule has 0 atom stereocenters. The van der Waals surface area contributed by atoms with E-state index in [9.17, 15) is 9.18 Å². The molecule has 0 spiro atoms. The number of carbonyl (C=O) groups is 1. The third-order valence-corrected chi connectivity index (χ3v) is 2.42. The van der Waals surface area contributed by atoms with Crippen LogP contribution in [-0.2, 0) is 16.0 Å². The van der Waals surface area contributed by atoms with Gasteiger partial charge in [0, 0.05) is 6.42 Å². The lowest BCUT2D eigenvalue weighted by Crippen LogP contribution is -2.15. The van der Waals surface area contributed by atoms with Crippen molar-refractivity contribution in [3.63, 3.8) is 0 Å². The lowest BCUT2D eigenvalue weighted by atomic mass is 10.1. The molecule has 0 aliphatic rings. The fourth-order valence-electron chi connectivity index (χ4n) is 1.21. The van der Waals surface area contributed by atoms with Crippen molar-refractivity contribution in [1.82, 2.24) is 0 Å². The third kappa shape index (κ3) is 3.91. The van der Waals surface area contributed by atoms with Crippen LogP contribution in [0.2, 0.25) is 5.02 Å². The van der Waals surface area contributed by atoms with Gasteiger partial charge in [0.05, 0.1) is 11.1 Å². The Morgan fingerprint density at radius 3 is 2.81 bits per heavy atom. The number of rotatable bonds is 5. The van der Waals surface area contributed by atoms with Crippen LogP contribution in [-0.4, -0.2) is 18.5 Å². The maximum Gasteiger partial charge on any atom is 0.162 e. The molecule has 0 radical (unpaired) electrons. The van der Waals surface area contributed by atoms with E-state index in [1.807, 2.05) is 13.8 Å². The van der Waals surface area contributed by atoms with E-state index >= 15 is 0 Å². The maximum atomic E-state index is 13.1. The first-order chi connectivity index (χ1) is 7.50. The molecule has 0 aliphatic heterocycles. The SMILES string of the molecule is CC(C)OCC(=O)Cc1cccc(F)c1Cl. The summed E-state index contributed by atoms with van der Waals surface area (Å²) in [6, 6.07) is 4.44. The molecule has 0 bridgehead atoms. The zero-order valence-electron chi connectivity index (χ0n) is 9.30. The fraction of sp³-hybridized carbons (Fsp3) is 0.417. The first-order valence-electron chi connectivity index (χ1n) is 5.07. The number of halogens is 2. The lowest BCUT2D eigenvalue weighted by Gasteiger charge is -2.07. The van der Waals surface area contributed by atoms with Crippen LogP contribution < -0.4 is 0 Å². The van der Waals surface area contributed by atoms with Gasteiger partial charge in [-0.25, -0.2) is 4.39 Å². The second-order valence-corrected chi connectivity index (χ2v) is 4.17. The summed E-state index contributed by atoms with van der Waals surface area (Å²) in [6.45, 7) is 3.73. The van der Waals surface area contributed by atoms with Gasteiger partial charge in [-0.15, -0.1) is 0 Å². The van der Waals surface area contributed by atoms with Gasteiger partial charge in [-0.05, 0) is 25.5 Å². The Balaban J connectivity index is 2.59. The Morgan fingerprint density at radius 1 is 1.50 bits per heavy atom. The predicted molar refractivity (Wildman–Crippen MR) is 61.2 cm³/mol. The van der Waals surface area contributed by atoms with Crippen LogP contribution >= 0.6 is 11.6 Å². The van der Waals surface area contributed by atoms with E-state index in [0.717, 1.165) is 0 Å². The Labute approximate surface area is 99.4 Å². The van der Waals surface area contributed by atoms with E-state index in [1.54, 1.807) is 6.07 Å². The van der Waals surface area contributed by atoms with Gasteiger partial charge in [0.25, 0.3) is 0 Å². The number of hydrogen-bond donors (Lipinski definition) is 0. The standard InChI is InChI=1S/C12H14ClFO2/c1-8(2)16-7-10(15)6-9-4-3-5-11(14)12(9)13/h3-5,8H,6-7H2,1-2H3. The number of hydrogen-bond acceptors (Lipinski definition) is 2. The molecule has 0 N–H and O–H groups in total. The van der Waals surface area contributed by atoms with Crippen LogP contribution in [0.1, 0.15) is 19.4 Å². The Bertz CT molecular complexity index is 377. The summed E-state index contributed by atoms with van der Waals surface area (Å²) in [7, 11) is 0. The zero-order valence-corrected chi connectivity index (χ0v) is 10.1. The van der Waals surface area contributed by atoms with Crippen LogP contribution in [0.4, 0.5) is 4.39 Å². The Kier molecular flexibility index (Phi) is 4.90. The Hall–Kier alpha value is -0.930. The summed E-state index contributed by atoms with van der Waals surface area (Å²) in [5.74, 6) is -0.613. The summed E-state index contributed by atoms with van der Waals surface area (Å²) in [4.78, 5) is 11.5. The molecule has 0 aliphatic carbocycles. The molecule has 0 saturated carbocycles. The van der Waals surface area contributed by atoms with Gasteiger partial charge in [-0.2, -0.15) is 0 Å². The first kappa shape index (κ1) is 13.1. The topological polar surface area (TPSA) is 26.3 Å². The molecule has 0 aromatic heterocycles. The van der Waals surface area contributed by atoms with Crippen molar-refractivity contribution >= 4 is 17.4 Å². The smallest absolute Gasteiger partial charge is 0.162 e. The molecule has 1 rings (SSSR count). The van der Waals surface area contributed by atoms with Crippen molar-refractivity contribution in [2.75, 3.05) is 6.61 Å². The zero-order chi connectivity index (χ0) is 12.1. The summed E-state index contributed by atoms with van der Waals surface area (Å²) in [5, 5.41) is 0.0143. The molecule has 1 aromatic carbocycles. The molecule has 0 saturated heterocycles. The van der Waals surface area contributed by atoms with Gasteiger partial charge < -0.3 is 4.74 Å². The van der Waals surface area contributed by atoms with Crippen molar-refractivity contribution in [2.24, 2.45) is 0 Å². The van der Waals surface area contributed by atoms with Gasteiger partial charge >= 0.3 is 0 Å². The first-order valence-corrected chi connectivity index (χ1v) is 5.44. The average molecular weight is 245 g/mol. The molecule has 2 nitrogen and oxygen atoms in total. The van der Waals surface area contributed by atoms with Crippen molar-refractivity contribution in [3.8, 4) is 0 Å². The summed E-state index contributed by atoms with van der Waals surface area (Å²) < 4.78 is 18.2. The van der Waals surface area contributed by atoms with E-state index in [0.29, 0.717) is 5.56 Å². The van der Waals surface area contributed by atoms with Crippen LogP contribution in [0.3, 0.4) is 0 Å². The Morgan fingerprint density at radius 2 is 2.19 bits per heavy atom. The second kappa shape index (κ2) is 5.97. The molecule has 0 heterocycles. The van der Waals surface area contributed by atoms with Gasteiger partial charge in [-0.1, -0.05) is 23.7 Å². The number of ether oxygens (including phenoxy) is 1. The number of Topliss-reactive ketones (excluding diaryl/α,β-unsaturated/α-hetero) is 1. The van der Waals surface area contributed by atoms with Crippen molar-refractivity contribution in [2.45, 2.75) is 26.4 Å². The number of carbonyl (C=O) groups excluding carboxylic acids is 1. The monoisotopic (exact) mass is 244 g/mol. The molecule has 16 heavy (non-hydrogen) atoms. The highest BCUT2D eigenvalue weighted by molar-refractivity contribution is 6.31. The van der Waals surface area contributed by atoms with Gasteiger partial charge in [-0.3, -0.25) is 4.79 Å². The molecule has 0 amide bonds. The van der Waals surface area contributed by atoms with Crippen molar-refractivity contribution in [1.29, 1.82) is 0 Å². The third-order valence-electron chi connectivity index (χ3n) is 2.00. The van der Waals surface area contributed by atoms with Gasteiger partial charge in [0.1, 0.15) is 12.4 Å². The number of benzene rings is 1. The van der Waals surface area contributed by atoms with Gasteiger partial charge in [0.15, 0.2) is 5.78 Å². The van der Waals surface area contributed by atoms with Gasteiger partial charge in [0.2, 0.25) is 0 Å². The molecule has 4 heteroatoms. The second-order valence-electron chi connectivity index (χ2n) is 3.79. The summed E-state index contributed by atoms with van der Waals surface area (Å²) in [6.07, 6.45) is 0.107. The van der Waals surface area contributed by atoms with Crippen molar-refractivity contribution < 1.29 is 13.9 Å². The molecule has 0 unspecified atom stereocenters. The largest absolute Gasteiger partial charge is 0.371 e. The van der Waals surface area contributed by atoms with Crippen LogP contribution in [0.25, 0.3) is 0 Å². The minimum absolute atomic E-state index is 0.00642. The number of ketones is 1. The molecule has 0 fully saturated rings. The highest BCUT2D eigenvalue weighted by atomic mass is 35.5. The van der Waals surface area contributed by atoms with E-state index in [2.05, 4.69) is 0 Å². The summed E-state index contributed by atoms with van der Waals surface area (Å²) in [5.41, 5.74) is 0.499. The predicted octanol–water partition coefficient (Wildman–Crippen LogP) is 3.02. The molecular formula is C12H14ClFO2. The maximum absolute atomic E-state index is 13.1. The van der Waals surface area contributed by atoms with E-state index in [-0.39, 0.29) is 29.9 Å². The average Bonchev–Trinajstić information content (AvgIpc) is 2.22. The quantitative estimate of drug-likeness (QED) is 0.796. The lowest BCUT2D eigenvalue weighted by molar-refractivity contribution is -0.124. The van der Waals surface area contributed by atoms with E-state index in [4.69, 9.17) is 16.3 Å². The highest BCUT2D eigenvalue weighted by Gasteiger charge is 2.10. The molecular weight excluding hydrogens is 231 g/mol. The minimum atomic E-state index is -0.503. The van der Waals surface area contributed by atoms with Crippen LogP contribution in [0, 0.1) is 5.82 Å². The fourth-order valence-corrected chi connectivity index (χ4v) is 1.40.